The van der Waals surface area contributed by atoms with Crippen LogP contribution in [0.4, 0.5) is 11.6 Å². The Bertz CT molecular complexity index is 1200. The molecule has 1 aromatic carbocycles. The predicted molar refractivity (Wildman–Crippen MR) is 121 cm³/mol. The first kappa shape index (κ1) is 19.6. The third-order valence-corrected chi connectivity index (χ3v) is 5.85. The average Bonchev–Trinajstić information content (AvgIpc) is 2.79. The third kappa shape index (κ3) is 3.86. The van der Waals surface area contributed by atoms with Crippen LogP contribution in [0.3, 0.4) is 0 Å². The van der Waals surface area contributed by atoms with Crippen LogP contribution in [0.5, 0.6) is 0 Å². The standard InChI is InChI=1S/C22H22ClN7O/c1-15-12-19(31)30-20(16-4-3-7-24-14-16)26-21(27-22(30)25-15)29-10-8-28(9-11-29)18-6-2-5-17(23)13-18/h2-7,12-14,20H,8-11H2,1H3,(H,25,26,27,31)/p+1. The predicted octanol–water partition coefficient (Wildman–Crippen LogP) is 2.05. The number of hydrogen-bond donors (Lipinski definition) is 2. The Labute approximate surface area is 184 Å². The highest BCUT2D eigenvalue weighted by Gasteiger charge is 2.34. The number of aryl methyl sites for hydroxylation is 1. The summed E-state index contributed by atoms with van der Waals surface area (Å²) in [4.78, 5) is 23.9. The molecule has 158 valence electrons. The highest BCUT2D eigenvalue weighted by atomic mass is 35.5. The number of nitrogens with zero attached hydrogens (tertiary/aromatic N) is 5. The molecule has 0 bridgehead atoms. The molecular weight excluding hydrogens is 414 g/mol. The van der Waals surface area contributed by atoms with Gasteiger partial charge in [0.25, 0.3) is 11.5 Å². The third-order valence-electron chi connectivity index (χ3n) is 5.61. The molecule has 0 spiro atoms. The van der Waals surface area contributed by atoms with Crippen molar-refractivity contribution in [2.45, 2.75) is 13.1 Å². The molecule has 0 aliphatic carbocycles. The lowest BCUT2D eigenvalue weighted by Crippen LogP contribution is -2.55. The maximum absolute atomic E-state index is 12.8. The first-order valence-electron chi connectivity index (χ1n) is 10.2. The minimum absolute atomic E-state index is 0.110. The molecule has 1 fully saturated rings. The van der Waals surface area contributed by atoms with Crippen LogP contribution in [-0.2, 0) is 0 Å². The molecule has 4 heterocycles. The molecule has 3 aromatic rings. The number of hydrogen-bond acceptors (Lipinski definition) is 4. The van der Waals surface area contributed by atoms with Crippen molar-refractivity contribution >= 4 is 29.2 Å². The van der Waals surface area contributed by atoms with E-state index in [0.29, 0.717) is 11.6 Å². The molecule has 5 rings (SSSR count). The zero-order valence-corrected chi connectivity index (χ0v) is 17.9. The van der Waals surface area contributed by atoms with Crippen LogP contribution in [0.1, 0.15) is 17.4 Å². The van der Waals surface area contributed by atoms with Gasteiger partial charge in [0.2, 0.25) is 0 Å². The highest BCUT2D eigenvalue weighted by Crippen LogP contribution is 2.22. The van der Waals surface area contributed by atoms with Crippen molar-refractivity contribution < 1.29 is 4.58 Å². The molecule has 2 aliphatic heterocycles. The topological polar surface area (TPSA) is 78.1 Å². The second-order valence-electron chi connectivity index (χ2n) is 7.69. The van der Waals surface area contributed by atoms with E-state index in [0.717, 1.165) is 48.4 Å². The molecule has 9 heteroatoms. The summed E-state index contributed by atoms with van der Waals surface area (Å²) in [7, 11) is 0. The summed E-state index contributed by atoms with van der Waals surface area (Å²) >= 11 is 6.16. The van der Waals surface area contributed by atoms with Crippen LogP contribution in [0.25, 0.3) is 0 Å². The quantitative estimate of drug-likeness (QED) is 0.599. The molecule has 0 saturated carbocycles. The van der Waals surface area contributed by atoms with Crippen molar-refractivity contribution in [1.29, 1.82) is 0 Å². The summed E-state index contributed by atoms with van der Waals surface area (Å²) in [6.45, 7) is 5.18. The van der Waals surface area contributed by atoms with Gasteiger partial charge in [0.05, 0.1) is 13.1 Å². The van der Waals surface area contributed by atoms with Crippen LogP contribution >= 0.6 is 11.6 Å². The van der Waals surface area contributed by atoms with Gasteiger partial charge < -0.3 is 4.90 Å². The molecule has 1 atom stereocenters. The number of guanidine groups is 1. The molecule has 2 aliphatic rings. The largest absolute Gasteiger partial charge is 0.365 e. The van der Waals surface area contributed by atoms with E-state index in [2.05, 4.69) is 36.1 Å². The van der Waals surface area contributed by atoms with Gasteiger partial charge in [-0.3, -0.25) is 19.7 Å². The lowest BCUT2D eigenvalue weighted by molar-refractivity contribution is -0.531. The van der Waals surface area contributed by atoms with Gasteiger partial charge in [-0.2, -0.15) is 0 Å². The van der Waals surface area contributed by atoms with Crippen LogP contribution in [0.2, 0.25) is 5.02 Å². The number of anilines is 2. The normalized spacial score (nSPS) is 18.3. The fraction of sp³-hybridized carbons (Fsp3) is 0.273. The Morgan fingerprint density at radius 1 is 1.16 bits per heavy atom. The van der Waals surface area contributed by atoms with Crippen LogP contribution in [0, 0.1) is 6.92 Å². The number of fused-ring (bicyclic) bond motifs is 1. The van der Waals surface area contributed by atoms with E-state index in [9.17, 15) is 4.79 Å². The Balaban J connectivity index is 1.46. The zero-order valence-electron chi connectivity index (χ0n) is 17.1. The number of halogens is 1. The summed E-state index contributed by atoms with van der Waals surface area (Å²) < 4.78 is 3.89. The second-order valence-corrected chi connectivity index (χ2v) is 8.13. The lowest BCUT2D eigenvalue weighted by Gasteiger charge is -2.33. The van der Waals surface area contributed by atoms with Crippen molar-refractivity contribution in [3.63, 3.8) is 0 Å². The summed E-state index contributed by atoms with van der Waals surface area (Å²) in [5.74, 6) is 1.38. The maximum Gasteiger partial charge on any atom is 0.355 e. The van der Waals surface area contributed by atoms with Gasteiger partial charge in [0.1, 0.15) is 0 Å². The molecular formula is C22H23ClN7O+. The second kappa shape index (κ2) is 8.03. The number of benzene rings is 1. The fourth-order valence-electron chi connectivity index (χ4n) is 4.08. The molecule has 31 heavy (non-hydrogen) atoms. The summed E-state index contributed by atoms with van der Waals surface area (Å²) in [6.07, 6.45) is 3.11. The maximum atomic E-state index is 12.8. The number of pyridine rings is 1. The Morgan fingerprint density at radius 3 is 2.74 bits per heavy atom. The Hall–Kier alpha value is -3.39. The number of rotatable bonds is 2. The van der Waals surface area contributed by atoms with E-state index in [1.807, 2.05) is 37.3 Å². The van der Waals surface area contributed by atoms with Gasteiger partial charge >= 0.3 is 5.96 Å². The van der Waals surface area contributed by atoms with Gasteiger partial charge in [0, 0.05) is 53.5 Å². The summed E-state index contributed by atoms with van der Waals surface area (Å²) in [5.41, 5.74) is 2.60. The van der Waals surface area contributed by atoms with E-state index >= 15 is 0 Å². The van der Waals surface area contributed by atoms with Gasteiger partial charge in [-0.15, -0.1) is 0 Å². The van der Waals surface area contributed by atoms with E-state index in [1.54, 1.807) is 23.0 Å². The first-order valence-corrected chi connectivity index (χ1v) is 10.6. The van der Waals surface area contributed by atoms with Gasteiger partial charge in [-0.05, 0) is 31.2 Å². The smallest absolute Gasteiger partial charge is 0.355 e. The zero-order chi connectivity index (χ0) is 21.4. The Kier molecular flexibility index (Phi) is 5.07. The van der Waals surface area contributed by atoms with Gasteiger partial charge in [-0.1, -0.05) is 23.7 Å². The summed E-state index contributed by atoms with van der Waals surface area (Å²) in [5, 5.41) is 7.57. The minimum atomic E-state index is -0.383. The molecule has 0 amide bonds. The fourth-order valence-corrected chi connectivity index (χ4v) is 4.27. The van der Waals surface area contributed by atoms with Crippen LogP contribution in [-0.4, -0.2) is 51.2 Å². The van der Waals surface area contributed by atoms with E-state index in [-0.39, 0.29) is 11.7 Å². The molecule has 0 radical (unpaired) electrons. The van der Waals surface area contributed by atoms with Gasteiger partial charge in [0.15, 0.2) is 6.17 Å². The number of nitrogens with one attached hydrogen (secondary N) is 2. The van der Waals surface area contributed by atoms with Crippen molar-refractivity contribution in [2.75, 3.05) is 36.4 Å². The lowest BCUT2D eigenvalue weighted by atomic mass is 10.2. The van der Waals surface area contributed by atoms with Crippen molar-refractivity contribution in [3.05, 3.63) is 81.5 Å². The molecule has 2 N–H and O–H groups in total. The first-order chi connectivity index (χ1) is 15.1. The van der Waals surface area contributed by atoms with Gasteiger partial charge in [-0.25, -0.2) is 14.9 Å². The molecule has 1 saturated heterocycles. The Morgan fingerprint density at radius 2 is 2.00 bits per heavy atom. The number of aromatic nitrogens is 3. The number of piperazine rings is 1. The average molecular weight is 437 g/mol. The van der Waals surface area contributed by atoms with E-state index < -0.39 is 0 Å². The molecule has 1 unspecified atom stereocenters. The minimum Gasteiger partial charge on any atom is -0.365 e. The van der Waals surface area contributed by atoms with Crippen molar-refractivity contribution in [3.8, 4) is 0 Å². The van der Waals surface area contributed by atoms with Crippen LogP contribution in [0.15, 0.2) is 59.7 Å². The van der Waals surface area contributed by atoms with Crippen molar-refractivity contribution in [1.82, 2.24) is 19.9 Å². The molecule has 2 aromatic heterocycles. The monoisotopic (exact) mass is 436 g/mol. The van der Waals surface area contributed by atoms with E-state index in [4.69, 9.17) is 11.6 Å². The van der Waals surface area contributed by atoms with Crippen molar-refractivity contribution in [2.24, 2.45) is 0 Å². The highest BCUT2D eigenvalue weighted by molar-refractivity contribution is 6.30. The van der Waals surface area contributed by atoms with Crippen LogP contribution < -0.4 is 21.1 Å². The summed E-state index contributed by atoms with van der Waals surface area (Å²) in [6, 6.07) is 13.3. The van der Waals surface area contributed by atoms with E-state index in [1.165, 1.54) is 0 Å². The molecule has 8 nitrogen and oxygen atoms in total. The SMILES string of the molecule is Cc1cc(=O)n2c(n1)NC(=[N+]1CCN(c3cccc(Cl)c3)CC1)NC2c1cccnc1.